The van der Waals surface area contributed by atoms with Crippen molar-refractivity contribution in [3.63, 3.8) is 0 Å². The van der Waals surface area contributed by atoms with Crippen molar-refractivity contribution in [2.75, 3.05) is 6.61 Å². The number of benzene rings is 2. The Balaban J connectivity index is 0.00000220. The molecule has 0 spiro atoms. The first-order valence-electron chi connectivity index (χ1n) is 6.20. The van der Waals surface area contributed by atoms with Crippen molar-refractivity contribution >= 4 is 18.5 Å². The minimum atomic E-state index is -4.98. The first kappa shape index (κ1) is 18.5. The quantitative estimate of drug-likeness (QED) is 0.743. The Morgan fingerprint density at radius 2 is 1.67 bits per heavy atom. The van der Waals surface area contributed by atoms with Crippen LogP contribution in [0.3, 0.4) is 0 Å². The van der Waals surface area contributed by atoms with Crippen molar-refractivity contribution in [2.24, 2.45) is 0 Å². The Morgan fingerprint density at radius 3 is 2.33 bits per heavy atom. The largest absolute Gasteiger partial charge is 1.00 e. The second kappa shape index (κ2) is 8.80. The molecule has 0 fully saturated rings. The van der Waals surface area contributed by atoms with Gasteiger partial charge in [-0.2, -0.15) is 0 Å². The molecule has 0 atom stereocenters. The van der Waals surface area contributed by atoms with Crippen LogP contribution in [0.1, 0.15) is 5.56 Å². The van der Waals surface area contributed by atoms with Crippen molar-refractivity contribution in [1.29, 1.82) is 0 Å². The first-order valence-corrected chi connectivity index (χ1v) is 6.20. The van der Waals surface area contributed by atoms with E-state index in [4.69, 9.17) is 4.74 Å². The van der Waals surface area contributed by atoms with Crippen LogP contribution in [0.5, 0.6) is 5.75 Å². The van der Waals surface area contributed by atoms with Gasteiger partial charge < -0.3 is 17.7 Å². The van der Waals surface area contributed by atoms with Crippen molar-refractivity contribution in [3.05, 3.63) is 66.2 Å². The van der Waals surface area contributed by atoms with Gasteiger partial charge in [-0.3, -0.25) is 0 Å². The van der Waals surface area contributed by atoms with Crippen LogP contribution < -0.4 is 61.6 Å². The number of rotatable bonds is 5. The fourth-order valence-electron chi connectivity index (χ4n) is 1.70. The van der Waals surface area contributed by atoms with E-state index >= 15 is 0 Å². The Kier molecular flexibility index (Phi) is 7.76. The molecular formula is C15H13BF3KO. The molecule has 0 aliphatic rings. The first-order chi connectivity index (χ1) is 9.55. The number of hydrogen-bond acceptors (Lipinski definition) is 1. The second-order valence-corrected chi connectivity index (χ2v) is 4.27. The summed E-state index contributed by atoms with van der Waals surface area (Å²) in [5, 5.41) is 0. The molecule has 0 saturated carbocycles. The SMILES string of the molecule is F[B-](F)(F)c1cccc(OCC=Cc2ccccc2)c1.[K+]. The summed E-state index contributed by atoms with van der Waals surface area (Å²) in [5.41, 5.74) is 0.373. The van der Waals surface area contributed by atoms with Crippen LogP contribution in [0.2, 0.25) is 0 Å². The van der Waals surface area contributed by atoms with E-state index in [9.17, 15) is 12.9 Å². The van der Waals surface area contributed by atoms with E-state index in [1.54, 1.807) is 6.08 Å². The molecule has 2 rings (SSSR count). The van der Waals surface area contributed by atoms with E-state index in [0.29, 0.717) is 0 Å². The Morgan fingerprint density at radius 1 is 0.952 bits per heavy atom. The zero-order valence-corrected chi connectivity index (χ0v) is 14.8. The average molecular weight is 316 g/mol. The fraction of sp³-hybridized carbons (Fsp3) is 0.0667. The third-order valence-electron chi connectivity index (χ3n) is 2.69. The molecule has 0 aromatic heterocycles. The van der Waals surface area contributed by atoms with Gasteiger partial charge >= 0.3 is 58.4 Å². The summed E-state index contributed by atoms with van der Waals surface area (Å²) < 4.78 is 43.0. The van der Waals surface area contributed by atoms with Gasteiger partial charge in [0.25, 0.3) is 0 Å². The van der Waals surface area contributed by atoms with Crippen LogP contribution in [-0.4, -0.2) is 13.6 Å². The van der Waals surface area contributed by atoms with Gasteiger partial charge in [-0.25, -0.2) is 0 Å². The van der Waals surface area contributed by atoms with Crippen molar-refractivity contribution in [3.8, 4) is 5.75 Å². The van der Waals surface area contributed by atoms with Crippen LogP contribution in [0.15, 0.2) is 60.7 Å². The molecule has 0 radical (unpaired) electrons. The Labute approximate surface area is 164 Å². The maximum Gasteiger partial charge on any atom is 1.00 e. The molecule has 0 unspecified atom stereocenters. The fourth-order valence-corrected chi connectivity index (χ4v) is 1.70. The maximum absolute atomic E-state index is 12.6. The topological polar surface area (TPSA) is 9.23 Å². The van der Waals surface area contributed by atoms with Gasteiger partial charge in [-0.1, -0.05) is 48.5 Å². The van der Waals surface area contributed by atoms with Gasteiger partial charge in [0.15, 0.2) is 0 Å². The van der Waals surface area contributed by atoms with E-state index in [1.165, 1.54) is 12.1 Å². The van der Waals surface area contributed by atoms with Gasteiger partial charge in [0.1, 0.15) is 12.4 Å². The minimum Gasteiger partial charge on any atom is -0.490 e. The molecule has 6 heteroatoms. The predicted molar refractivity (Wildman–Crippen MR) is 76.1 cm³/mol. The predicted octanol–water partition coefficient (Wildman–Crippen LogP) is 0.837. The summed E-state index contributed by atoms with van der Waals surface area (Å²) >= 11 is 0. The van der Waals surface area contributed by atoms with E-state index in [-0.39, 0.29) is 63.7 Å². The normalized spacial score (nSPS) is 11.2. The minimum absolute atomic E-state index is 0. The second-order valence-electron chi connectivity index (χ2n) is 4.27. The van der Waals surface area contributed by atoms with Gasteiger partial charge in [0.2, 0.25) is 0 Å². The standard InChI is InChI=1S/C15H13BF3O.K/c17-16(18,19)14-9-4-10-15(12-14)20-11-5-8-13-6-2-1-3-7-13;/h1-10,12H,11H2;/q-1;+1. The van der Waals surface area contributed by atoms with Crippen LogP contribution in [-0.2, 0) is 0 Å². The molecule has 0 saturated heterocycles. The van der Waals surface area contributed by atoms with Crippen molar-refractivity contribution < 1.29 is 69.1 Å². The molecule has 2 aromatic carbocycles. The Bertz CT molecular complexity index is 585. The van der Waals surface area contributed by atoms with Gasteiger partial charge in [0, 0.05) is 0 Å². The summed E-state index contributed by atoms with van der Waals surface area (Å²) in [6, 6.07) is 14.5. The van der Waals surface area contributed by atoms with E-state index in [2.05, 4.69) is 0 Å². The van der Waals surface area contributed by atoms with Gasteiger partial charge in [0.05, 0.1) is 0 Å². The summed E-state index contributed by atoms with van der Waals surface area (Å²) in [4.78, 5) is 0. The monoisotopic (exact) mass is 316 g/mol. The van der Waals surface area contributed by atoms with E-state index in [1.807, 2.05) is 36.4 Å². The van der Waals surface area contributed by atoms with E-state index < -0.39 is 12.4 Å². The Hall–Kier alpha value is -0.529. The third-order valence-corrected chi connectivity index (χ3v) is 2.69. The smallest absolute Gasteiger partial charge is 0.490 e. The summed E-state index contributed by atoms with van der Waals surface area (Å²) in [5.74, 6) is 0.222. The van der Waals surface area contributed by atoms with Gasteiger partial charge in [-0.05, 0) is 23.8 Å². The molecule has 104 valence electrons. The molecule has 1 nitrogen and oxygen atoms in total. The van der Waals surface area contributed by atoms with E-state index in [0.717, 1.165) is 17.7 Å². The average Bonchev–Trinajstić information content (AvgIpc) is 2.44. The number of ether oxygens (including phenoxy) is 1. The van der Waals surface area contributed by atoms with Crippen LogP contribution in [0, 0.1) is 0 Å². The summed E-state index contributed by atoms with van der Waals surface area (Å²) in [6.07, 6.45) is 3.62. The number of hydrogen-bond donors (Lipinski definition) is 0. The molecule has 0 aliphatic carbocycles. The zero-order chi connectivity index (χ0) is 14.4. The van der Waals surface area contributed by atoms with Crippen molar-refractivity contribution in [2.45, 2.75) is 0 Å². The summed E-state index contributed by atoms with van der Waals surface area (Å²) in [7, 11) is 0. The zero-order valence-electron chi connectivity index (χ0n) is 11.7. The van der Waals surface area contributed by atoms with Crippen LogP contribution in [0.4, 0.5) is 12.9 Å². The number of halogens is 3. The molecule has 0 amide bonds. The van der Waals surface area contributed by atoms with Crippen LogP contribution >= 0.6 is 0 Å². The summed E-state index contributed by atoms with van der Waals surface area (Å²) in [6.45, 7) is -4.76. The molecule has 0 aliphatic heterocycles. The van der Waals surface area contributed by atoms with Crippen LogP contribution in [0.25, 0.3) is 6.08 Å². The van der Waals surface area contributed by atoms with Gasteiger partial charge in [-0.15, -0.1) is 5.46 Å². The molecule has 21 heavy (non-hydrogen) atoms. The maximum atomic E-state index is 12.6. The third kappa shape index (κ3) is 6.40. The molecule has 0 N–H and O–H groups in total. The molecule has 0 heterocycles. The van der Waals surface area contributed by atoms with Crippen molar-refractivity contribution in [1.82, 2.24) is 0 Å². The molecule has 2 aromatic rings. The molecule has 0 bridgehead atoms. The molecular weight excluding hydrogens is 303 g/mol.